The number of nitrogens with one attached hydrogen (secondary N) is 1. The number of hydrogen-bond acceptors (Lipinski definition) is 5. The lowest BCUT2D eigenvalue weighted by Gasteiger charge is -2.23. The van der Waals surface area contributed by atoms with Gasteiger partial charge in [0, 0.05) is 13.0 Å². The molecule has 0 spiro atoms. The van der Waals surface area contributed by atoms with Gasteiger partial charge in [-0.05, 0) is 36.8 Å². The molecular formula is C19H22ClN3O5S. The molecule has 0 atom stereocenters. The van der Waals surface area contributed by atoms with Gasteiger partial charge in [0.15, 0.2) is 0 Å². The minimum absolute atomic E-state index is 0.0446. The van der Waals surface area contributed by atoms with E-state index in [4.69, 9.17) is 22.1 Å². The summed E-state index contributed by atoms with van der Waals surface area (Å²) in [5.41, 5.74) is 6.18. The minimum atomic E-state index is -3.59. The van der Waals surface area contributed by atoms with Gasteiger partial charge in [0.05, 0.1) is 35.3 Å². The van der Waals surface area contributed by atoms with Crippen molar-refractivity contribution in [2.45, 2.75) is 12.8 Å². The maximum atomic E-state index is 12.2. The van der Waals surface area contributed by atoms with Crippen LogP contribution in [0.1, 0.15) is 23.2 Å². The first kappa shape index (κ1) is 22.5. The molecule has 0 aliphatic carbocycles. The molecule has 0 fully saturated rings. The number of anilines is 2. The van der Waals surface area contributed by atoms with E-state index in [2.05, 4.69) is 5.32 Å². The quantitative estimate of drug-likeness (QED) is 0.622. The maximum absolute atomic E-state index is 12.2. The number of ether oxygens (including phenoxy) is 1. The Kier molecular flexibility index (Phi) is 7.46. The highest BCUT2D eigenvalue weighted by atomic mass is 35.5. The highest BCUT2D eigenvalue weighted by molar-refractivity contribution is 7.92. The van der Waals surface area contributed by atoms with Crippen LogP contribution in [0.3, 0.4) is 0 Å². The molecule has 2 aromatic carbocycles. The van der Waals surface area contributed by atoms with Crippen LogP contribution in [0.5, 0.6) is 5.75 Å². The molecule has 0 heterocycles. The monoisotopic (exact) mass is 439 g/mol. The number of rotatable bonds is 9. The number of carbonyl (C=O) groups excluding carboxylic acids is 2. The van der Waals surface area contributed by atoms with Crippen molar-refractivity contribution in [3.05, 3.63) is 53.1 Å². The van der Waals surface area contributed by atoms with Gasteiger partial charge in [-0.3, -0.25) is 13.9 Å². The van der Waals surface area contributed by atoms with Crippen molar-refractivity contribution in [1.82, 2.24) is 0 Å². The number of hydrogen-bond donors (Lipinski definition) is 2. The van der Waals surface area contributed by atoms with E-state index in [0.717, 1.165) is 6.26 Å². The second kappa shape index (κ2) is 9.62. The van der Waals surface area contributed by atoms with Gasteiger partial charge >= 0.3 is 0 Å². The van der Waals surface area contributed by atoms with Crippen molar-refractivity contribution in [1.29, 1.82) is 0 Å². The number of carbonyl (C=O) groups is 2. The molecule has 2 aromatic rings. The highest BCUT2D eigenvalue weighted by Crippen LogP contribution is 2.30. The molecule has 0 aliphatic heterocycles. The van der Waals surface area contributed by atoms with E-state index < -0.39 is 15.9 Å². The lowest BCUT2D eigenvalue weighted by molar-refractivity contribution is -0.116. The first-order valence-electron chi connectivity index (χ1n) is 8.63. The third kappa shape index (κ3) is 6.10. The van der Waals surface area contributed by atoms with Gasteiger partial charge in [-0.15, -0.1) is 0 Å². The molecule has 0 saturated heterocycles. The summed E-state index contributed by atoms with van der Waals surface area (Å²) in [6.07, 6.45) is 1.37. The van der Waals surface area contributed by atoms with Crippen LogP contribution >= 0.6 is 11.6 Å². The molecule has 8 nitrogen and oxygen atoms in total. The van der Waals surface area contributed by atoms with Gasteiger partial charge in [0.2, 0.25) is 15.9 Å². The van der Waals surface area contributed by atoms with Crippen molar-refractivity contribution in [2.24, 2.45) is 5.73 Å². The van der Waals surface area contributed by atoms with Gasteiger partial charge in [-0.25, -0.2) is 8.42 Å². The Morgan fingerprint density at radius 3 is 2.48 bits per heavy atom. The van der Waals surface area contributed by atoms with Gasteiger partial charge < -0.3 is 15.8 Å². The number of methoxy groups -OCH3 is 1. The fraction of sp³-hybridized carbons (Fsp3) is 0.263. The summed E-state index contributed by atoms with van der Waals surface area (Å²) in [5, 5.41) is 2.90. The Labute approximate surface area is 174 Å². The smallest absolute Gasteiger partial charge is 0.250 e. The molecule has 10 heteroatoms. The summed E-state index contributed by atoms with van der Waals surface area (Å²) < 4.78 is 30.6. The van der Waals surface area contributed by atoms with E-state index in [0.29, 0.717) is 17.1 Å². The van der Waals surface area contributed by atoms with Crippen LogP contribution < -0.4 is 20.1 Å². The van der Waals surface area contributed by atoms with Crippen molar-refractivity contribution >= 4 is 44.8 Å². The Balaban J connectivity index is 2.05. The Hall–Kier alpha value is -2.78. The van der Waals surface area contributed by atoms with Gasteiger partial charge in [0.1, 0.15) is 5.75 Å². The predicted octanol–water partition coefficient (Wildman–Crippen LogP) is 2.63. The van der Waals surface area contributed by atoms with Crippen LogP contribution in [0.25, 0.3) is 0 Å². The van der Waals surface area contributed by atoms with Crippen LogP contribution in [0.4, 0.5) is 11.4 Å². The van der Waals surface area contributed by atoms with E-state index in [9.17, 15) is 18.0 Å². The fourth-order valence-corrected chi connectivity index (χ4v) is 3.91. The number of nitrogens with two attached hydrogens (primary N) is 1. The molecule has 0 aromatic heterocycles. The average Bonchev–Trinajstić information content (AvgIpc) is 2.64. The van der Waals surface area contributed by atoms with E-state index in [1.165, 1.54) is 23.5 Å². The standard InChI is InChI=1S/C19H22ClN3O5S/c1-28-17-10-9-13(12-15(17)20)23(29(2,26)27)11-5-8-18(24)22-16-7-4-3-6-14(16)19(21)25/h3-4,6-7,9-10,12H,5,8,11H2,1-2H3,(H2,21,25)(H,22,24). The highest BCUT2D eigenvalue weighted by Gasteiger charge is 2.19. The Morgan fingerprint density at radius 2 is 1.90 bits per heavy atom. The maximum Gasteiger partial charge on any atom is 0.250 e. The minimum Gasteiger partial charge on any atom is -0.495 e. The first-order chi connectivity index (χ1) is 13.6. The van der Waals surface area contributed by atoms with E-state index in [1.807, 2.05) is 0 Å². The number of amides is 2. The van der Waals surface area contributed by atoms with Crippen molar-refractivity contribution in [3.63, 3.8) is 0 Å². The summed E-state index contributed by atoms with van der Waals surface area (Å²) >= 11 is 6.09. The molecule has 2 rings (SSSR count). The third-order valence-corrected chi connectivity index (χ3v) is 5.54. The fourth-order valence-electron chi connectivity index (χ4n) is 2.70. The molecular weight excluding hydrogens is 418 g/mol. The zero-order valence-electron chi connectivity index (χ0n) is 16.0. The molecule has 0 bridgehead atoms. The van der Waals surface area contributed by atoms with Crippen LogP contribution in [0.2, 0.25) is 5.02 Å². The molecule has 156 valence electrons. The van der Waals surface area contributed by atoms with Gasteiger partial charge in [-0.1, -0.05) is 23.7 Å². The predicted molar refractivity (Wildman–Crippen MR) is 113 cm³/mol. The molecule has 0 radical (unpaired) electrons. The Bertz CT molecular complexity index is 1010. The van der Waals surface area contributed by atoms with Crippen molar-refractivity contribution in [3.8, 4) is 5.75 Å². The molecule has 2 amide bonds. The number of benzene rings is 2. The molecule has 29 heavy (non-hydrogen) atoms. The third-order valence-electron chi connectivity index (χ3n) is 4.06. The van der Waals surface area contributed by atoms with E-state index >= 15 is 0 Å². The summed E-state index contributed by atoms with van der Waals surface area (Å²) in [4.78, 5) is 23.6. The number of primary amides is 1. The largest absolute Gasteiger partial charge is 0.495 e. The summed E-state index contributed by atoms with van der Waals surface area (Å²) in [5.74, 6) is -0.586. The van der Waals surface area contributed by atoms with E-state index in [1.54, 1.807) is 30.3 Å². The number of halogens is 1. The van der Waals surface area contributed by atoms with E-state index in [-0.39, 0.29) is 35.9 Å². The zero-order valence-corrected chi connectivity index (χ0v) is 17.6. The van der Waals surface area contributed by atoms with Crippen LogP contribution in [-0.2, 0) is 14.8 Å². The number of para-hydroxylation sites is 1. The summed E-state index contributed by atoms with van der Waals surface area (Å²) in [6.45, 7) is 0.0758. The van der Waals surface area contributed by atoms with Crippen LogP contribution in [-0.4, -0.2) is 40.1 Å². The SMILES string of the molecule is COc1ccc(N(CCCC(=O)Nc2ccccc2C(N)=O)S(C)(=O)=O)cc1Cl. The van der Waals surface area contributed by atoms with Crippen LogP contribution in [0, 0.1) is 0 Å². The molecule has 3 N–H and O–H groups in total. The van der Waals surface area contributed by atoms with Gasteiger partial charge in [0.25, 0.3) is 5.91 Å². The van der Waals surface area contributed by atoms with Gasteiger partial charge in [-0.2, -0.15) is 0 Å². The van der Waals surface area contributed by atoms with Crippen LogP contribution in [0.15, 0.2) is 42.5 Å². The summed E-state index contributed by atoms with van der Waals surface area (Å²) in [6, 6.07) is 11.0. The molecule has 0 unspecified atom stereocenters. The second-order valence-electron chi connectivity index (χ2n) is 6.22. The first-order valence-corrected chi connectivity index (χ1v) is 10.9. The lowest BCUT2D eigenvalue weighted by atomic mass is 10.1. The van der Waals surface area contributed by atoms with Crippen molar-refractivity contribution < 1.29 is 22.7 Å². The zero-order chi connectivity index (χ0) is 21.6. The topological polar surface area (TPSA) is 119 Å². The lowest BCUT2D eigenvalue weighted by Crippen LogP contribution is -2.31. The number of nitrogens with zero attached hydrogens (tertiary/aromatic N) is 1. The number of sulfonamides is 1. The normalized spacial score (nSPS) is 11.0. The second-order valence-corrected chi connectivity index (χ2v) is 8.53. The summed E-state index contributed by atoms with van der Waals surface area (Å²) in [7, 11) is -2.13. The molecule has 0 saturated carbocycles. The van der Waals surface area contributed by atoms with Crippen molar-refractivity contribution in [2.75, 3.05) is 29.5 Å². The average molecular weight is 440 g/mol. The Morgan fingerprint density at radius 1 is 1.21 bits per heavy atom. The molecule has 0 aliphatic rings.